The van der Waals surface area contributed by atoms with Crippen LogP contribution in [0.15, 0.2) is 16.8 Å². The molecule has 5 atom stereocenters. The zero-order valence-corrected chi connectivity index (χ0v) is 30.0. The summed E-state index contributed by atoms with van der Waals surface area (Å²) in [5, 5.41) is 7.66. The Kier molecular flexibility index (Phi) is 15.8. The van der Waals surface area contributed by atoms with Gasteiger partial charge in [0.2, 0.25) is 17.6 Å². The monoisotopic (exact) mass is 684 g/mol. The van der Waals surface area contributed by atoms with Crippen molar-refractivity contribution in [3.63, 3.8) is 0 Å². The summed E-state index contributed by atoms with van der Waals surface area (Å²) in [4.78, 5) is 79.9. The lowest BCUT2D eigenvalue weighted by Crippen LogP contribution is -2.58. The van der Waals surface area contributed by atoms with E-state index in [4.69, 9.17) is 28.4 Å². The summed E-state index contributed by atoms with van der Waals surface area (Å²) in [6.45, 7) is 17.3. The number of carbonyl (C=O) groups is 6. The first-order valence-corrected chi connectivity index (χ1v) is 15.7. The number of carbonyl (C=O) groups excluding carboxylic acids is 6. The molecule has 0 bridgehead atoms. The van der Waals surface area contributed by atoms with E-state index < -0.39 is 83.4 Å². The van der Waals surface area contributed by atoms with E-state index in [-0.39, 0.29) is 24.7 Å². The number of amides is 3. The summed E-state index contributed by atoms with van der Waals surface area (Å²) in [5.41, 5.74) is -1.84. The highest BCUT2D eigenvalue weighted by molar-refractivity contribution is 6.01. The standard InChI is InChI=1S/C32H52N4O12/c1-17(2)13-14-24(39)34-25-21(33-28(35-29(41)47-31(6,7)8)36-30(42)48-32(9,10)11)15-22(27(40)43-12)46-26(25)18(3)23(45-20(5)38)16-44-19(4)37/h15,17-18,21,23,25-26H,13-14,16H2,1-12H3,(H,34,39)(H2,33,35,36,41,42)/t18-,21+,23-,25-,26+/m1/s1. The fourth-order valence-corrected chi connectivity index (χ4v) is 4.29. The van der Waals surface area contributed by atoms with Gasteiger partial charge in [-0.2, -0.15) is 0 Å². The van der Waals surface area contributed by atoms with Gasteiger partial charge in [0, 0.05) is 26.2 Å². The van der Waals surface area contributed by atoms with Gasteiger partial charge in [0.1, 0.15) is 30.0 Å². The molecule has 0 saturated carbocycles. The van der Waals surface area contributed by atoms with E-state index in [1.54, 1.807) is 48.5 Å². The van der Waals surface area contributed by atoms with E-state index in [0.29, 0.717) is 6.42 Å². The minimum Gasteiger partial charge on any atom is -0.481 e. The van der Waals surface area contributed by atoms with E-state index in [2.05, 4.69) is 20.9 Å². The van der Waals surface area contributed by atoms with Crippen LogP contribution in [0.25, 0.3) is 0 Å². The number of alkyl carbamates (subject to hydrolysis) is 2. The van der Waals surface area contributed by atoms with Crippen molar-refractivity contribution in [3.05, 3.63) is 11.8 Å². The van der Waals surface area contributed by atoms with Crippen molar-refractivity contribution >= 4 is 42.0 Å². The molecule has 0 aliphatic carbocycles. The maximum Gasteiger partial charge on any atom is 0.414 e. The first kappa shape index (κ1) is 41.7. The van der Waals surface area contributed by atoms with Crippen LogP contribution in [-0.2, 0) is 47.6 Å². The lowest BCUT2D eigenvalue weighted by atomic mass is 9.86. The molecule has 1 aliphatic rings. The third-order valence-corrected chi connectivity index (χ3v) is 6.36. The average Bonchev–Trinajstić information content (AvgIpc) is 2.91. The number of hydrogen-bond acceptors (Lipinski definition) is 13. The van der Waals surface area contributed by atoms with Gasteiger partial charge in [-0.05, 0) is 60.0 Å². The molecule has 1 aliphatic heterocycles. The Labute approximate surface area is 282 Å². The van der Waals surface area contributed by atoms with Gasteiger partial charge in [0.25, 0.3) is 0 Å². The molecule has 1 rings (SSSR count). The van der Waals surface area contributed by atoms with Crippen LogP contribution in [0, 0.1) is 11.8 Å². The van der Waals surface area contributed by atoms with Crippen LogP contribution >= 0.6 is 0 Å². The average molecular weight is 685 g/mol. The summed E-state index contributed by atoms with van der Waals surface area (Å²) in [6.07, 6.45) is -2.27. The van der Waals surface area contributed by atoms with Gasteiger partial charge in [-0.3, -0.25) is 25.0 Å². The predicted octanol–water partition coefficient (Wildman–Crippen LogP) is 3.27. The van der Waals surface area contributed by atoms with Gasteiger partial charge in [-0.1, -0.05) is 20.8 Å². The molecule has 16 heteroatoms. The molecule has 0 spiro atoms. The molecule has 0 saturated heterocycles. The molecule has 3 amide bonds. The van der Waals surface area contributed by atoms with E-state index in [9.17, 15) is 28.8 Å². The van der Waals surface area contributed by atoms with Crippen LogP contribution in [0.5, 0.6) is 0 Å². The molecule has 3 N–H and O–H groups in total. The highest BCUT2D eigenvalue weighted by Crippen LogP contribution is 2.30. The number of aliphatic imine (C=N–C) groups is 1. The molecule has 0 fully saturated rings. The fraction of sp³-hybridized carbons (Fsp3) is 0.719. The first-order chi connectivity index (χ1) is 22.0. The van der Waals surface area contributed by atoms with Crippen LogP contribution in [0.4, 0.5) is 9.59 Å². The smallest absolute Gasteiger partial charge is 0.414 e. The van der Waals surface area contributed by atoms with Gasteiger partial charge < -0.3 is 33.7 Å². The van der Waals surface area contributed by atoms with Crippen LogP contribution < -0.4 is 16.0 Å². The Morgan fingerprint density at radius 3 is 1.88 bits per heavy atom. The van der Waals surface area contributed by atoms with Crippen LogP contribution in [0.1, 0.15) is 89.0 Å². The van der Waals surface area contributed by atoms with Crippen molar-refractivity contribution in [2.24, 2.45) is 16.8 Å². The Hall–Kier alpha value is -4.37. The van der Waals surface area contributed by atoms with Gasteiger partial charge in [0.15, 0.2) is 0 Å². The minimum atomic E-state index is -1.21. The number of methoxy groups -OCH3 is 1. The van der Waals surface area contributed by atoms with Crippen molar-refractivity contribution in [1.82, 2.24) is 16.0 Å². The molecule has 272 valence electrons. The maximum absolute atomic E-state index is 13.3. The van der Waals surface area contributed by atoms with Crippen LogP contribution in [-0.4, -0.2) is 91.2 Å². The van der Waals surface area contributed by atoms with Gasteiger partial charge in [-0.25, -0.2) is 19.4 Å². The van der Waals surface area contributed by atoms with Crippen molar-refractivity contribution in [2.45, 2.75) is 124 Å². The molecular formula is C32H52N4O12. The summed E-state index contributed by atoms with van der Waals surface area (Å²) in [6, 6.07) is -2.31. The van der Waals surface area contributed by atoms with Crippen LogP contribution in [0.3, 0.4) is 0 Å². The quantitative estimate of drug-likeness (QED) is 0.124. The maximum atomic E-state index is 13.3. The summed E-state index contributed by atoms with van der Waals surface area (Å²) < 4.78 is 32.2. The van der Waals surface area contributed by atoms with Crippen molar-refractivity contribution in [3.8, 4) is 0 Å². The summed E-state index contributed by atoms with van der Waals surface area (Å²) in [5.74, 6) is -4.02. The topological polar surface area (TPSA) is 206 Å². The Balaban J connectivity index is 3.86. The van der Waals surface area contributed by atoms with E-state index in [1.165, 1.54) is 19.9 Å². The number of esters is 3. The van der Waals surface area contributed by atoms with Crippen molar-refractivity contribution in [2.75, 3.05) is 13.7 Å². The number of rotatable bonds is 11. The van der Waals surface area contributed by atoms with Gasteiger partial charge >= 0.3 is 30.1 Å². The molecule has 16 nitrogen and oxygen atoms in total. The first-order valence-electron chi connectivity index (χ1n) is 15.7. The number of hydrogen-bond donors (Lipinski definition) is 3. The Bertz CT molecular complexity index is 1200. The third kappa shape index (κ3) is 16.0. The molecule has 0 unspecified atom stereocenters. The highest BCUT2D eigenvalue weighted by atomic mass is 16.6. The van der Waals surface area contributed by atoms with Gasteiger partial charge in [0.05, 0.1) is 19.2 Å². The summed E-state index contributed by atoms with van der Waals surface area (Å²) >= 11 is 0. The van der Waals surface area contributed by atoms with Crippen LogP contribution in [0.2, 0.25) is 0 Å². The lowest BCUT2D eigenvalue weighted by molar-refractivity contribution is -0.165. The fourth-order valence-electron chi connectivity index (χ4n) is 4.29. The highest BCUT2D eigenvalue weighted by Gasteiger charge is 2.45. The Morgan fingerprint density at radius 1 is 0.896 bits per heavy atom. The second-order valence-corrected chi connectivity index (χ2v) is 13.7. The molecule has 0 aromatic carbocycles. The molecule has 1 heterocycles. The molecule has 0 radical (unpaired) electrons. The van der Waals surface area contributed by atoms with Crippen molar-refractivity contribution < 1.29 is 57.2 Å². The predicted molar refractivity (Wildman–Crippen MR) is 172 cm³/mol. The second-order valence-electron chi connectivity index (χ2n) is 13.7. The number of nitrogens with zero attached hydrogens (tertiary/aromatic N) is 1. The minimum absolute atomic E-state index is 0.124. The zero-order chi connectivity index (χ0) is 37.0. The zero-order valence-electron chi connectivity index (χ0n) is 30.0. The molecule has 48 heavy (non-hydrogen) atoms. The lowest BCUT2D eigenvalue weighted by Gasteiger charge is -2.40. The number of nitrogens with one attached hydrogen (secondary N) is 3. The molecule has 0 aromatic rings. The second kappa shape index (κ2) is 18.2. The summed E-state index contributed by atoms with van der Waals surface area (Å²) in [7, 11) is 1.13. The molecular weight excluding hydrogens is 632 g/mol. The number of guanidine groups is 1. The molecule has 0 aromatic heterocycles. The van der Waals surface area contributed by atoms with E-state index in [1.807, 2.05) is 13.8 Å². The SMILES string of the molecule is COC(=O)C1=C[C@H](N=C(NC(=O)OC(C)(C)C)NC(=O)OC(C)(C)C)[C@@H](NC(=O)CCC(C)C)[C@H]([C@H](C)[C@@H](COC(C)=O)OC(C)=O)O1. The normalized spacial score (nSPS) is 18.9. The number of ether oxygens (including phenoxy) is 6. The van der Waals surface area contributed by atoms with E-state index in [0.717, 1.165) is 7.11 Å². The van der Waals surface area contributed by atoms with E-state index >= 15 is 0 Å². The third-order valence-electron chi connectivity index (χ3n) is 6.36. The van der Waals surface area contributed by atoms with Gasteiger partial charge in [-0.15, -0.1) is 0 Å². The Morgan fingerprint density at radius 2 is 1.44 bits per heavy atom. The largest absolute Gasteiger partial charge is 0.481 e. The van der Waals surface area contributed by atoms with Crippen molar-refractivity contribution in [1.29, 1.82) is 0 Å².